The molecule has 1 aliphatic rings. The van der Waals surface area contributed by atoms with E-state index in [4.69, 9.17) is 9.47 Å². The standard InChI is InChI=1S/C26H23F2N5O2/c1-15-10-16(8-9-29-15)19-7-5-18(12-23(19)34-3)31-26-30-13-24-25(32-26)33(2)22(14-35-24)20-6-4-17(27)11-21(20)28/h4-13,22H,14H2,1-3H3,(H,30,31,32). The summed E-state index contributed by atoms with van der Waals surface area (Å²) >= 11 is 0. The molecule has 0 amide bonds. The summed E-state index contributed by atoms with van der Waals surface area (Å²) in [6.07, 6.45) is 3.34. The van der Waals surface area contributed by atoms with E-state index < -0.39 is 17.7 Å². The lowest BCUT2D eigenvalue weighted by Gasteiger charge is -2.35. The van der Waals surface area contributed by atoms with Crippen molar-refractivity contribution < 1.29 is 18.3 Å². The van der Waals surface area contributed by atoms with Crippen molar-refractivity contribution in [3.05, 3.63) is 83.8 Å². The van der Waals surface area contributed by atoms with Crippen LogP contribution in [0.15, 0.2) is 60.9 Å². The third kappa shape index (κ3) is 4.44. The molecule has 0 aliphatic carbocycles. The Morgan fingerprint density at radius 2 is 1.94 bits per heavy atom. The molecular formula is C26H23F2N5O2. The first-order valence-electron chi connectivity index (χ1n) is 11.0. The summed E-state index contributed by atoms with van der Waals surface area (Å²) < 4.78 is 39.2. The highest BCUT2D eigenvalue weighted by atomic mass is 19.1. The Morgan fingerprint density at radius 1 is 1.09 bits per heavy atom. The SMILES string of the molecule is COc1cc(Nc2ncc3c(n2)N(C)C(c2ccc(F)cc2F)CO3)ccc1-c1ccnc(C)c1. The van der Waals surface area contributed by atoms with Crippen molar-refractivity contribution in [1.82, 2.24) is 15.0 Å². The molecule has 178 valence electrons. The van der Waals surface area contributed by atoms with E-state index in [-0.39, 0.29) is 6.61 Å². The van der Waals surface area contributed by atoms with E-state index >= 15 is 0 Å². The van der Waals surface area contributed by atoms with Crippen molar-refractivity contribution in [1.29, 1.82) is 0 Å². The lowest BCUT2D eigenvalue weighted by Crippen LogP contribution is -2.35. The van der Waals surface area contributed by atoms with Crippen molar-refractivity contribution >= 4 is 17.5 Å². The topological polar surface area (TPSA) is 72.4 Å². The van der Waals surface area contributed by atoms with Gasteiger partial charge >= 0.3 is 0 Å². The molecule has 2 aromatic heterocycles. The quantitative estimate of drug-likeness (QED) is 0.412. The summed E-state index contributed by atoms with van der Waals surface area (Å²) in [7, 11) is 3.41. The molecule has 3 heterocycles. The smallest absolute Gasteiger partial charge is 0.229 e. The summed E-state index contributed by atoms with van der Waals surface area (Å²) in [5.74, 6) is 0.759. The minimum absolute atomic E-state index is 0.190. The Balaban J connectivity index is 1.41. The van der Waals surface area contributed by atoms with Gasteiger partial charge in [-0.25, -0.2) is 13.8 Å². The zero-order valence-electron chi connectivity index (χ0n) is 19.4. The maximum absolute atomic E-state index is 14.4. The first-order valence-corrected chi connectivity index (χ1v) is 11.0. The van der Waals surface area contributed by atoms with Crippen molar-refractivity contribution in [3.8, 4) is 22.6 Å². The number of nitrogens with zero attached hydrogens (tertiary/aromatic N) is 4. The maximum Gasteiger partial charge on any atom is 0.229 e. The fourth-order valence-corrected chi connectivity index (χ4v) is 4.12. The molecule has 9 heteroatoms. The van der Waals surface area contributed by atoms with Crippen LogP contribution in [0.5, 0.6) is 11.5 Å². The molecule has 35 heavy (non-hydrogen) atoms. The Morgan fingerprint density at radius 3 is 2.71 bits per heavy atom. The van der Waals surface area contributed by atoms with Crippen LogP contribution in [0, 0.1) is 18.6 Å². The summed E-state index contributed by atoms with van der Waals surface area (Å²) in [5.41, 5.74) is 3.92. The van der Waals surface area contributed by atoms with Crippen molar-refractivity contribution in [3.63, 3.8) is 0 Å². The number of anilines is 3. The van der Waals surface area contributed by atoms with E-state index in [1.807, 2.05) is 37.3 Å². The molecule has 0 radical (unpaired) electrons. The normalized spacial score (nSPS) is 14.8. The molecule has 1 atom stereocenters. The number of likely N-dealkylation sites (N-methyl/N-ethyl adjacent to an activating group) is 1. The minimum atomic E-state index is -0.627. The van der Waals surface area contributed by atoms with E-state index in [1.54, 1.807) is 31.5 Å². The molecule has 1 N–H and O–H groups in total. The highest BCUT2D eigenvalue weighted by Gasteiger charge is 2.30. The van der Waals surface area contributed by atoms with Gasteiger partial charge in [-0.05, 0) is 42.8 Å². The Hall–Kier alpha value is -4.27. The number of rotatable bonds is 5. The van der Waals surface area contributed by atoms with Crippen LogP contribution in [-0.2, 0) is 0 Å². The number of halogens is 2. The number of hydrogen-bond acceptors (Lipinski definition) is 7. The van der Waals surface area contributed by atoms with Gasteiger partial charge in [-0.15, -0.1) is 0 Å². The lowest BCUT2D eigenvalue weighted by molar-refractivity contribution is 0.262. The van der Waals surface area contributed by atoms with E-state index in [0.29, 0.717) is 28.8 Å². The van der Waals surface area contributed by atoms with Gasteiger partial charge < -0.3 is 19.7 Å². The van der Waals surface area contributed by atoms with Gasteiger partial charge in [-0.3, -0.25) is 4.98 Å². The second-order valence-electron chi connectivity index (χ2n) is 8.21. The molecule has 1 unspecified atom stereocenters. The number of benzene rings is 2. The molecule has 0 bridgehead atoms. The Kier molecular flexibility index (Phi) is 5.90. The molecule has 0 fully saturated rings. The second kappa shape index (κ2) is 9.17. The van der Waals surface area contributed by atoms with Gasteiger partial charge in [0.05, 0.1) is 19.3 Å². The zero-order valence-corrected chi connectivity index (χ0v) is 19.4. The van der Waals surface area contributed by atoms with Gasteiger partial charge in [-0.1, -0.05) is 6.07 Å². The van der Waals surface area contributed by atoms with Crippen LogP contribution >= 0.6 is 0 Å². The third-order valence-corrected chi connectivity index (χ3v) is 5.92. The largest absolute Gasteiger partial charge is 0.496 e. The molecule has 0 spiro atoms. The molecular weight excluding hydrogens is 452 g/mol. The zero-order chi connectivity index (χ0) is 24.5. The number of pyridine rings is 1. The first-order chi connectivity index (χ1) is 16.9. The molecule has 1 aliphatic heterocycles. The number of aryl methyl sites for hydroxylation is 1. The van der Waals surface area contributed by atoms with Gasteiger partial charge in [0.25, 0.3) is 0 Å². The van der Waals surface area contributed by atoms with Crippen LogP contribution in [-0.4, -0.2) is 35.7 Å². The lowest BCUT2D eigenvalue weighted by atomic mass is 10.0. The molecule has 0 saturated heterocycles. The number of nitrogens with one attached hydrogen (secondary N) is 1. The highest BCUT2D eigenvalue weighted by Crippen LogP contribution is 2.38. The number of methoxy groups -OCH3 is 1. The summed E-state index contributed by atoms with van der Waals surface area (Å²) in [6.45, 7) is 2.13. The molecule has 5 rings (SSSR count). The van der Waals surface area contributed by atoms with E-state index in [1.165, 1.54) is 12.1 Å². The van der Waals surface area contributed by atoms with Gasteiger partial charge in [-0.2, -0.15) is 4.98 Å². The van der Waals surface area contributed by atoms with Crippen LogP contribution in [0.25, 0.3) is 11.1 Å². The fourth-order valence-electron chi connectivity index (χ4n) is 4.12. The predicted molar refractivity (Wildman–Crippen MR) is 129 cm³/mol. The number of aromatic nitrogens is 3. The third-order valence-electron chi connectivity index (χ3n) is 5.92. The highest BCUT2D eigenvalue weighted by molar-refractivity contribution is 5.74. The van der Waals surface area contributed by atoms with Crippen LogP contribution in [0.1, 0.15) is 17.3 Å². The van der Waals surface area contributed by atoms with Crippen molar-refractivity contribution in [2.24, 2.45) is 0 Å². The van der Waals surface area contributed by atoms with Crippen LogP contribution in [0.4, 0.5) is 26.2 Å². The molecule has 7 nitrogen and oxygen atoms in total. The van der Waals surface area contributed by atoms with E-state index in [9.17, 15) is 8.78 Å². The monoisotopic (exact) mass is 475 g/mol. The van der Waals surface area contributed by atoms with Crippen LogP contribution in [0.2, 0.25) is 0 Å². The van der Waals surface area contributed by atoms with Crippen molar-refractivity contribution in [2.75, 3.05) is 31.0 Å². The average Bonchev–Trinajstić information content (AvgIpc) is 2.85. The number of hydrogen-bond donors (Lipinski definition) is 1. The number of fused-ring (bicyclic) bond motifs is 1. The van der Waals surface area contributed by atoms with Crippen molar-refractivity contribution in [2.45, 2.75) is 13.0 Å². The maximum atomic E-state index is 14.4. The second-order valence-corrected chi connectivity index (χ2v) is 8.21. The molecule has 4 aromatic rings. The van der Waals surface area contributed by atoms with E-state index in [2.05, 4.69) is 20.3 Å². The number of ether oxygens (including phenoxy) is 2. The van der Waals surface area contributed by atoms with Gasteiger partial charge in [0, 0.05) is 47.9 Å². The summed E-state index contributed by atoms with van der Waals surface area (Å²) in [5, 5.41) is 3.19. The Bertz CT molecular complexity index is 1400. The fraction of sp³-hybridized carbons (Fsp3) is 0.192. The van der Waals surface area contributed by atoms with Crippen LogP contribution < -0.4 is 19.7 Å². The predicted octanol–water partition coefficient (Wildman–Crippen LogP) is 5.45. The molecule has 0 saturated carbocycles. The molecule has 2 aromatic carbocycles. The van der Waals surface area contributed by atoms with E-state index in [0.717, 1.165) is 28.6 Å². The van der Waals surface area contributed by atoms with Gasteiger partial charge in [0.15, 0.2) is 11.6 Å². The summed E-state index contributed by atoms with van der Waals surface area (Å²) in [4.78, 5) is 15.0. The minimum Gasteiger partial charge on any atom is -0.496 e. The first kappa shape index (κ1) is 22.5. The van der Waals surface area contributed by atoms with Gasteiger partial charge in [0.1, 0.15) is 24.0 Å². The Labute approximate surface area is 201 Å². The summed E-state index contributed by atoms with van der Waals surface area (Å²) in [6, 6.07) is 12.7. The average molecular weight is 475 g/mol. The van der Waals surface area contributed by atoms with Crippen LogP contribution in [0.3, 0.4) is 0 Å². The van der Waals surface area contributed by atoms with Gasteiger partial charge in [0.2, 0.25) is 5.95 Å².